The highest BCUT2D eigenvalue weighted by atomic mass is 35.5. The normalized spacial score (nSPS) is 10.5. The summed E-state index contributed by atoms with van der Waals surface area (Å²) in [7, 11) is 0. The van der Waals surface area contributed by atoms with Crippen LogP contribution in [-0.4, -0.2) is 14.7 Å². The zero-order valence-corrected chi connectivity index (χ0v) is 10.0. The molecular formula is C10H7Cl2N3O2. The summed E-state index contributed by atoms with van der Waals surface area (Å²) in [5.74, 6) is 0. The topological polar surface area (TPSA) is 61.0 Å². The quantitative estimate of drug-likeness (QED) is 0.637. The second-order valence-electron chi connectivity index (χ2n) is 3.37. The van der Waals surface area contributed by atoms with Crippen LogP contribution in [0.15, 0.2) is 30.6 Å². The van der Waals surface area contributed by atoms with Gasteiger partial charge in [-0.15, -0.1) is 0 Å². The molecule has 0 aliphatic rings. The molecule has 0 atom stereocenters. The molecule has 17 heavy (non-hydrogen) atoms. The Morgan fingerprint density at radius 2 is 2.18 bits per heavy atom. The van der Waals surface area contributed by atoms with Gasteiger partial charge in [0.1, 0.15) is 12.4 Å². The van der Waals surface area contributed by atoms with Crippen molar-refractivity contribution < 1.29 is 4.92 Å². The minimum atomic E-state index is -0.497. The Kier molecular flexibility index (Phi) is 3.31. The second-order valence-corrected chi connectivity index (χ2v) is 4.15. The second kappa shape index (κ2) is 4.73. The number of hydrogen-bond acceptors (Lipinski definition) is 3. The van der Waals surface area contributed by atoms with E-state index in [2.05, 4.69) is 5.10 Å². The van der Waals surface area contributed by atoms with Crippen LogP contribution in [-0.2, 0) is 6.54 Å². The predicted octanol–water partition coefficient (Wildman–Crippen LogP) is 3.15. The summed E-state index contributed by atoms with van der Waals surface area (Å²) in [5.41, 5.74) is 0.709. The number of hydrogen-bond donors (Lipinski definition) is 0. The third-order valence-electron chi connectivity index (χ3n) is 2.19. The van der Waals surface area contributed by atoms with E-state index in [0.29, 0.717) is 16.6 Å². The summed E-state index contributed by atoms with van der Waals surface area (Å²) >= 11 is 11.9. The first-order valence-corrected chi connectivity index (χ1v) is 5.43. The first-order chi connectivity index (χ1) is 8.08. The largest absolute Gasteiger partial charge is 0.307 e. The SMILES string of the molecule is O=[N+]([O-])c1cnn(Cc2cccc(Cl)c2Cl)c1. The molecule has 0 N–H and O–H groups in total. The van der Waals surface area contributed by atoms with Crippen LogP contribution in [0.25, 0.3) is 0 Å². The lowest BCUT2D eigenvalue weighted by atomic mass is 10.2. The molecule has 1 aromatic carbocycles. The molecule has 7 heteroatoms. The van der Waals surface area contributed by atoms with Gasteiger partial charge in [-0.1, -0.05) is 35.3 Å². The van der Waals surface area contributed by atoms with E-state index in [1.165, 1.54) is 17.1 Å². The van der Waals surface area contributed by atoms with Crippen LogP contribution in [0.3, 0.4) is 0 Å². The lowest BCUT2D eigenvalue weighted by molar-refractivity contribution is -0.385. The van der Waals surface area contributed by atoms with Gasteiger partial charge in [-0.2, -0.15) is 5.10 Å². The summed E-state index contributed by atoms with van der Waals surface area (Å²) in [6, 6.07) is 5.24. The lowest BCUT2D eigenvalue weighted by Crippen LogP contribution is -2.00. The molecule has 1 heterocycles. The number of benzene rings is 1. The van der Waals surface area contributed by atoms with Crippen LogP contribution in [0, 0.1) is 10.1 Å². The van der Waals surface area contributed by atoms with Crippen molar-refractivity contribution in [3.63, 3.8) is 0 Å². The molecule has 0 amide bonds. The van der Waals surface area contributed by atoms with E-state index in [-0.39, 0.29) is 5.69 Å². The van der Waals surface area contributed by atoms with Gasteiger partial charge in [-0.05, 0) is 11.6 Å². The molecule has 88 valence electrons. The standard InChI is InChI=1S/C10H7Cl2N3O2/c11-9-3-1-2-7(10(9)12)5-14-6-8(4-13-14)15(16)17/h1-4,6H,5H2. The maximum atomic E-state index is 10.5. The fourth-order valence-corrected chi connectivity index (χ4v) is 1.76. The van der Waals surface area contributed by atoms with Crippen molar-refractivity contribution >= 4 is 28.9 Å². The van der Waals surface area contributed by atoms with E-state index in [1.807, 2.05) is 0 Å². The highest BCUT2D eigenvalue weighted by Crippen LogP contribution is 2.26. The Balaban J connectivity index is 2.25. The van der Waals surface area contributed by atoms with Crippen molar-refractivity contribution in [2.45, 2.75) is 6.54 Å². The van der Waals surface area contributed by atoms with Crippen LogP contribution >= 0.6 is 23.2 Å². The van der Waals surface area contributed by atoms with Gasteiger partial charge in [0.25, 0.3) is 0 Å². The smallest absolute Gasteiger partial charge is 0.261 e. The Hall–Kier alpha value is -1.59. The molecule has 0 radical (unpaired) electrons. The van der Waals surface area contributed by atoms with Crippen molar-refractivity contribution in [2.24, 2.45) is 0 Å². The van der Waals surface area contributed by atoms with Crippen LogP contribution in [0.2, 0.25) is 10.0 Å². The summed E-state index contributed by atoms with van der Waals surface area (Å²) < 4.78 is 1.44. The Bertz CT molecular complexity index is 568. The van der Waals surface area contributed by atoms with Crippen molar-refractivity contribution in [2.75, 3.05) is 0 Å². The Morgan fingerprint density at radius 3 is 2.82 bits per heavy atom. The number of rotatable bonds is 3. The van der Waals surface area contributed by atoms with Crippen molar-refractivity contribution in [1.29, 1.82) is 0 Å². The molecule has 0 spiro atoms. The molecular weight excluding hydrogens is 265 g/mol. The van der Waals surface area contributed by atoms with Crippen molar-refractivity contribution in [1.82, 2.24) is 9.78 Å². The molecule has 2 rings (SSSR count). The van der Waals surface area contributed by atoms with Gasteiger partial charge in [0.05, 0.1) is 21.5 Å². The van der Waals surface area contributed by atoms with Crippen LogP contribution < -0.4 is 0 Å². The third kappa shape index (κ3) is 2.57. The first-order valence-electron chi connectivity index (χ1n) is 4.67. The van der Waals surface area contributed by atoms with Crippen LogP contribution in [0.1, 0.15) is 5.56 Å². The van der Waals surface area contributed by atoms with Crippen LogP contribution in [0.5, 0.6) is 0 Å². The molecule has 2 aromatic rings. The maximum absolute atomic E-state index is 10.5. The molecule has 0 aliphatic carbocycles. The minimum Gasteiger partial charge on any atom is -0.261 e. The number of halogens is 2. The minimum absolute atomic E-state index is 0.0526. The van der Waals surface area contributed by atoms with Gasteiger partial charge in [-0.3, -0.25) is 14.8 Å². The van der Waals surface area contributed by atoms with E-state index in [4.69, 9.17) is 23.2 Å². The van der Waals surface area contributed by atoms with E-state index in [1.54, 1.807) is 18.2 Å². The van der Waals surface area contributed by atoms with Crippen molar-refractivity contribution in [3.8, 4) is 0 Å². The fourth-order valence-electron chi connectivity index (χ4n) is 1.38. The summed E-state index contributed by atoms with van der Waals surface area (Å²) in [6.07, 6.45) is 2.54. The van der Waals surface area contributed by atoms with E-state index < -0.39 is 4.92 Å². The summed E-state index contributed by atoms with van der Waals surface area (Å²) in [4.78, 5) is 10.00. The number of nitro groups is 1. The van der Waals surface area contributed by atoms with Crippen molar-refractivity contribution in [3.05, 3.63) is 56.3 Å². The van der Waals surface area contributed by atoms with Gasteiger partial charge in [0, 0.05) is 0 Å². The van der Waals surface area contributed by atoms with Crippen LogP contribution in [0.4, 0.5) is 5.69 Å². The zero-order valence-electron chi connectivity index (χ0n) is 8.51. The zero-order chi connectivity index (χ0) is 12.4. The molecule has 1 aromatic heterocycles. The Labute approximate surface area is 107 Å². The first kappa shape index (κ1) is 11.9. The Morgan fingerprint density at radius 1 is 1.41 bits per heavy atom. The fraction of sp³-hybridized carbons (Fsp3) is 0.100. The highest BCUT2D eigenvalue weighted by Gasteiger charge is 2.10. The average molecular weight is 272 g/mol. The third-order valence-corrected chi connectivity index (χ3v) is 3.05. The molecule has 0 saturated carbocycles. The molecule has 5 nitrogen and oxygen atoms in total. The van der Waals surface area contributed by atoms with Gasteiger partial charge in [0.15, 0.2) is 0 Å². The molecule has 0 bridgehead atoms. The number of nitrogens with zero attached hydrogens (tertiary/aromatic N) is 3. The molecule has 0 saturated heterocycles. The lowest BCUT2D eigenvalue weighted by Gasteiger charge is -2.05. The average Bonchev–Trinajstić information content (AvgIpc) is 2.73. The van der Waals surface area contributed by atoms with Gasteiger partial charge in [-0.25, -0.2) is 0 Å². The van der Waals surface area contributed by atoms with E-state index >= 15 is 0 Å². The van der Waals surface area contributed by atoms with Gasteiger partial charge in [0.2, 0.25) is 0 Å². The monoisotopic (exact) mass is 271 g/mol. The number of aromatic nitrogens is 2. The summed E-state index contributed by atoms with van der Waals surface area (Å²) in [5, 5.41) is 15.3. The molecule has 0 unspecified atom stereocenters. The van der Waals surface area contributed by atoms with E-state index in [0.717, 1.165) is 5.56 Å². The predicted molar refractivity (Wildman–Crippen MR) is 64.4 cm³/mol. The van der Waals surface area contributed by atoms with Gasteiger partial charge >= 0.3 is 5.69 Å². The summed E-state index contributed by atoms with van der Waals surface area (Å²) in [6.45, 7) is 0.341. The molecule has 0 fully saturated rings. The van der Waals surface area contributed by atoms with E-state index in [9.17, 15) is 10.1 Å². The van der Waals surface area contributed by atoms with Gasteiger partial charge < -0.3 is 0 Å². The molecule has 0 aliphatic heterocycles. The highest BCUT2D eigenvalue weighted by molar-refractivity contribution is 6.42. The maximum Gasteiger partial charge on any atom is 0.307 e.